The summed E-state index contributed by atoms with van der Waals surface area (Å²) in [4.78, 5) is 17.0. The van der Waals surface area contributed by atoms with Crippen LogP contribution in [0.3, 0.4) is 0 Å². The van der Waals surface area contributed by atoms with Gasteiger partial charge in [-0.2, -0.15) is 0 Å². The summed E-state index contributed by atoms with van der Waals surface area (Å²) in [5.74, 6) is 0.862. The highest BCUT2D eigenvalue weighted by atomic mass is 32.1. The molecule has 1 saturated heterocycles. The molecular formula is C18H20N4S2. The van der Waals surface area contributed by atoms with Gasteiger partial charge in [-0.05, 0) is 36.9 Å². The van der Waals surface area contributed by atoms with E-state index in [4.69, 9.17) is 9.97 Å². The van der Waals surface area contributed by atoms with Crippen molar-refractivity contribution in [3.63, 3.8) is 0 Å². The Labute approximate surface area is 150 Å². The Bertz CT molecular complexity index is 748. The Morgan fingerprint density at radius 2 is 1.42 bits per heavy atom. The first-order chi connectivity index (χ1) is 11.7. The maximum Gasteiger partial charge on any atom is 0.226 e. The molecule has 3 aromatic heterocycles. The van der Waals surface area contributed by atoms with E-state index in [0.29, 0.717) is 0 Å². The fourth-order valence-electron chi connectivity index (χ4n) is 2.96. The number of hydrogen-bond donors (Lipinski definition) is 0. The van der Waals surface area contributed by atoms with Gasteiger partial charge in [0.15, 0.2) is 0 Å². The van der Waals surface area contributed by atoms with Gasteiger partial charge < -0.3 is 9.80 Å². The van der Waals surface area contributed by atoms with Crippen LogP contribution in [0.15, 0.2) is 35.0 Å². The predicted octanol–water partition coefficient (Wildman–Crippen LogP) is 3.99. The van der Waals surface area contributed by atoms with Gasteiger partial charge in [0.1, 0.15) is 0 Å². The van der Waals surface area contributed by atoms with Crippen molar-refractivity contribution in [2.24, 2.45) is 0 Å². The number of rotatable bonds is 3. The fourth-order valence-corrected chi connectivity index (χ4v) is 4.50. The molecule has 6 heteroatoms. The second-order valence-corrected chi connectivity index (χ2v) is 7.99. The van der Waals surface area contributed by atoms with Crippen LogP contribution in [0.4, 0.5) is 5.95 Å². The van der Waals surface area contributed by atoms with Gasteiger partial charge >= 0.3 is 0 Å². The van der Waals surface area contributed by atoms with Gasteiger partial charge in [-0.3, -0.25) is 0 Å². The predicted molar refractivity (Wildman–Crippen MR) is 103 cm³/mol. The summed E-state index contributed by atoms with van der Waals surface area (Å²) in [5.41, 5.74) is 3.30. The zero-order valence-electron chi connectivity index (χ0n) is 13.9. The van der Waals surface area contributed by atoms with Gasteiger partial charge in [0.2, 0.25) is 5.95 Å². The van der Waals surface area contributed by atoms with Crippen LogP contribution in [-0.4, -0.2) is 48.1 Å². The van der Waals surface area contributed by atoms with Gasteiger partial charge in [-0.15, -0.1) is 22.7 Å². The molecule has 1 fully saturated rings. The van der Waals surface area contributed by atoms with Gasteiger partial charge in [0.25, 0.3) is 0 Å². The quantitative estimate of drug-likeness (QED) is 0.710. The van der Waals surface area contributed by atoms with Crippen molar-refractivity contribution in [1.82, 2.24) is 14.9 Å². The van der Waals surface area contributed by atoms with E-state index in [1.165, 1.54) is 9.75 Å². The third-order valence-electron chi connectivity index (χ3n) is 4.43. The Kier molecular flexibility index (Phi) is 4.35. The molecule has 1 aliphatic rings. The third-order valence-corrected chi connectivity index (χ3v) is 6.18. The maximum absolute atomic E-state index is 4.95. The largest absolute Gasteiger partial charge is 0.338 e. The standard InChI is InChI=1S/C18H20N4S2/c1-13-16(14-5-3-11-23-14)19-18(22-9-7-21(2)8-10-22)20-17(13)15-6-4-12-24-15/h3-6,11-12H,7-10H2,1-2H3. The minimum atomic E-state index is 0.862. The van der Waals surface area contributed by atoms with E-state index in [2.05, 4.69) is 58.8 Å². The van der Waals surface area contributed by atoms with Crippen LogP contribution in [0.1, 0.15) is 5.56 Å². The van der Waals surface area contributed by atoms with Crippen molar-refractivity contribution in [2.45, 2.75) is 6.92 Å². The molecule has 0 unspecified atom stereocenters. The van der Waals surface area contributed by atoms with Gasteiger partial charge in [0.05, 0.1) is 21.1 Å². The van der Waals surface area contributed by atoms with E-state index in [0.717, 1.165) is 49.1 Å². The van der Waals surface area contributed by atoms with Crippen LogP contribution in [0, 0.1) is 6.92 Å². The Morgan fingerprint density at radius 1 is 0.875 bits per heavy atom. The van der Waals surface area contributed by atoms with E-state index in [1.54, 1.807) is 22.7 Å². The molecule has 24 heavy (non-hydrogen) atoms. The summed E-state index contributed by atoms with van der Waals surface area (Å²) in [6.45, 7) is 6.21. The van der Waals surface area contributed by atoms with E-state index < -0.39 is 0 Å². The smallest absolute Gasteiger partial charge is 0.226 e. The van der Waals surface area contributed by atoms with Crippen LogP contribution in [-0.2, 0) is 0 Å². The third kappa shape index (κ3) is 2.97. The summed E-state index contributed by atoms with van der Waals surface area (Å²) in [6.07, 6.45) is 0. The number of piperazine rings is 1. The molecule has 4 rings (SSSR count). The van der Waals surface area contributed by atoms with E-state index >= 15 is 0 Å². The first-order valence-corrected chi connectivity index (χ1v) is 9.88. The molecule has 4 nitrogen and oxygen atoms in total. The highest BCUT2D eigenvalue weighted by molar-refractivity contribution is 7.14. The number of likely N-dealkylation sites (N-methyl/N-ethyl adjacent to an activating group) is 1. The summed E-state index contributed by atoms with van der Waals surface area (Å²) in [7, 11) is 2.17. The first-order valence-electron chi connectivity index (χ1n) is 8.12. The maximum atomic E-state index is 4.95. The van der Waals surface area contributed by atoms with E-state index in [-0.39, 0.29) is 0 Å². The summed E-state index contributed by atoms with van der Waals surface area (Å²) in [5, 5.41) is 4.22. The molecule has 0 spiro atoms. The molecule has 0 aromatic carbocycles. The highest BCUT2D eigenvalue weighted by Gasteiger charge is 2.21. The molecule has 3 aromatic rings. The minimum absolute atomic E-state index is 0.862. The molecule has 0 amide bonds. The zero-order chi connectivity index (χ0) is 16.5. The molecule has 0 N–H and O–H groups in total. The van der Waals surface area contributed by atoms with Crippen molar-refractivity contribution in [2.75, 3.05) is 38.1 Å². The monoisotopic (exact) mass is 356 g/mol. The molecule has 0 saturated carbocycles. The first kappa shape index (κ1) is 15.7. The zero-order valence-corrected chi connectivity index (χ0v) is 15.5. The van der Waals surface area contributed by atoms with Gasteiger partial charge in [-0.1, -0.05) is 12.1 Å². The number of thiophene rings is 2. The molecular weight excluding hydrogens is 336 g/mol. The lowest BCUT2D eigenvalue weighted by molar-refractivity contribution is 0.311. The van der Waals surface area contributed by atoms with Crippen molar-refractivity contribution in [3.05, 3.63) is 40.6 Å². The van der Waals surface area contributed by atoms with Crippen LogP contribution < -0.4 is 4.90 Å². The van der Waals surface area contributed by atoms with Crippen molar-refractivity contribution >= 4 is 28.6 Å². The minimum Gasteiger partial charge on any atom is -0.338 e. The Morgan fingerprint density at radius 3 is 1.88 bits per heavy atom. The Hall–Kier alpha value is -1.76. The molecule has 0 atom stereocenters. The fraction of sp³-hybridized carbons (Fsp3) is 0.333. The number of nitrogens with zero attached hydrogens (tertiary/aromatic N) is 4. The summed E-state index contributed by atoms with van der Waals surface area (Å²) >= 11 is 3.48. The molecule has 4 heterocycles. The second kappa shape index (κ2) is 6.63. The van der Waals surface area contributed by atoms with E-state index in [9.17, 15) is 0 Å². The van der Waals surface area contributed by atoms with Crippen molar-refractivity contribution in [3.8, 4) is 21.1 Å². The van der Waals surface area contributed by atoms with Crippen molar-refractivity contribution < 1.29 is 0 Å². The summed E-state index contributed by atoms with van der Waals surface area (Å²) in [6, 6.07) is 8.46. The van der Waals surface area contributed by atoms with Crippen LogP contribution >= 0.6 is 22.7 Å². The van der Waals surface area contributed by atoms with Gasteiger partial charge in [0, 0.05) is 31.7 Å². The highest BCUT2D eigenvalue weighted by Crippen LogP contribution is 2.35. The topological polar surface area (TPSA) is 32.3 Å². The second-order valence-electron chi connectivity index (χ2n) is 6.09. The molecule has 1 aliphatic heterocycles. The van der Waals surface area contributed by atoms with Crippen LogP contribution in [0.2, 0.25) is 0 Å². The Balaban J connectivity index is 1.82. The average molecular weight is 357 g/mol. The van der Waals surface area contributed by atoms with Crippen molar-refractivity contribution in [1.29, 1.82) is 0 Å². The molecule has 0 bridgehead atoms. The lowest BCUT2D eigenvalue weighted by atomic mass is 10.1. The molecule has 0 radical (unpaired) electrons. The lowest BCUT2D eigenvalue weighted by Crippen LogP contribution is -2.45. The van der Waals surface area contributed by atoms with Gasteiger partial charge in [-0.25, -0.2) is 9.97 Å². The number of anilines is 1. The SMILES string of the molecule is Cc1c(-c2cccs2)nc(N2CCN(C)CC2)nc1-c1cccs1. The number of aromatic nitrogens is 2. The molecule has 124 valence electrons. The molecule has 0 aliphatic carbocycles. The summed E-state index contributed by atoms with van der Waals surface area (Å²) < 4.78 is 0. The average Bonchev–Trinajstić information content (AvgIpc) is 3.30. The van der Waals surface area contributed by atoms with Crippen LogP contribution in [0.5, 0.6) is 0 Å². The number of hydrogen-bond acceptors (Lipinski definition) is 6. The van der Waals surface area contributed by atoms with Crippen LogP contribution in [0.25, 0.3) is 21.1 Å². The lowest BCUT2D eigenvalue weighted by Gasteiger charge is -2.32. The normalized spacial score (nSPS) is 15.8. The van der Waals surface area contributed by atoms with E-state index in [1.807, 2.05) is 0 Å².